The van der Waals surface area contributed by atoms with Crippen LogP contribution in [0.1, 0.15) is 12.0 Å². The van der Waals surface area contributed by atoms with E-state index in [0.29, 0.717) is 0 Å². The predicted molar refractivity (Wildman–Crippen MR) is 71.1 cm³/mol. The summed E-state index contributed by atoms with van der Waals surface area (Å²) in [6.07, 6.45) is 13.6. The highest BCUT2D eigenvalue weighted by atomic mass is 14.7. The van der Waals surface area contributed by atoms with Crippen LogP contribution in [0.15, 0.2) is 59.3 Å². The number of hydrogen-bond acceptors (Lipinski definition) is 1. The molecule has 0 spiro atoms. The third-order valence-electron chi connectivity index (χ3n) is 3.57. The number of aliphatic imine (C=N–C) groups is 1. The third kappa shape index (κ3) is 1.17. The SMILES string of the molecule is C1=CC2=c3cccc4c3=C(C=CN=C4)CC2=C1. The highest BCUT2D eigenvalue weighted by molar-refractivity contribution is 5.89. The van der Waals surface area contributed by atoms with Gasteiger partial charge in [-0.1, -0.05) is 36.4 Å². The molecule has 0 radical (unpaired) electrons. The zero-order chi connectivity index (χ0) is 11.2. The smallest absolute Gasteiger partial charge is 0.0346 e. The second-order valence-electron chi connectivity index (χ2n) is 4.53. The minimum Gasteiger partial charge on any atom is -0.264 e. The Hall–Kier alpha value is -2.15. The molecule has 0 saturated carbocycles. The minimum absolute atomic E-state index is 1.02. The van der Waals surface area contributed by atoms with E-state index in [1.54, 1.807) is 0 Å². The number of nitrogens with zero attached hydrogens (tertiary/aromatic N) is 1. The van der Waals surface area contributed by atoms with Crippen molar-refractivity contribution in [2.24, 2.45) is 4.99 Å². The normalized spacial score (nSPS) is 18.9. The lowest BCUT2D eigenvalue weighted by atomic mass is 9.89. The Morgan fingerprint density at radius 1 is 1.12 bits per heavy atom. The Morgan fingerprint density at radius 3 is 3.12 bits per heavy atom. The molecular formula is C16H11N. The molecule has 1 heteroatoms. The zero-order valence-corrected chi connectivity index (χ0v) is 9.35. The summed E-state index contributed by atoms with van der Waals surface area (Å²) < 4.78 is 0. The fourth-order valence-corrected chi connectivity index (χ4v) is 2.83. The largest absolute Gasteiger partial charge is 0.264 e. The minimum atomic E-state index is 1.02. The van der Waals surface area contributed by atoms with E-state index in [2.05, 4.69) is 47.5 Å². The molecule has 0 N–H and O–H groups in total. The Balaban J connectivity index is 2.30. The lowest BCUT2D eigenvalue weighted by molar-refractivity contribution is 1.26. The molecule has 1 heterocycles. The molecule has 0 amide bonds. The topological polar surface area (TPSA) is 12.4 Å². The van der Waals surface area contributed by atoms with Crippen molar-refractivity contribution in [1.82, 2.24) is 0 Å². The average Bonchev–Trinajstić information content (AvgIpc) is 2.73. The van der Waals surface area contributed by atoms with E-state index in [9.17, 15) is 0 Å². The number of hydrogen-bond donors (Lipinski definition) is 0. The number of fused-ring (bicyclic) bond motifs is 1. The molecule has 1 nitrogen and oxygen atoms in total. The van der Waals surface area contributed by atoms with Gasteiger partial charge in [-0.25, -0.2) is 0 Å². The molecular weight excluding hydrogens is 206 g/mol. The van der Waals surface area contributed by atoms with Crippen LogP contribution in [0.4, 0.5) is 0 Å². The van der Waals surface area contributed by atoms with E-state index >= 15 is 0 Å². The van der Waals surface area contributed by atoms with Gasteiger partial charge in [-0.2, -0.15) is 0 Å². The Kier molecular flexibility index (Phi) is 1.67. The number of benzene rings is 1. The van der Waals surface area contributed by atoms with E-state index in [1.165, 1.54) is 32.7 Å². The van der Waals surface area contributed by atoms with Gasteiger partial charge in [0.25, 0.3) is 0 Å². The maximum Gasteiger partial charge on any atom is 0.0346 e. The number of rotatable bonds is 0. The van der Waals surface area contributed by atoms with E-state index in [4.69, 9.17) is 0 Å². The maximum absolute atomic E-state index is 4.30. The van der Waals surface area contributed by atoms with Gasteiger partial charge in [0, 0.05) is 18.0 Å². The lowest BCUT2D eigenvalue weighted by Gasteiger charge is -2.14. The van der Waals surface area contributed by atoms with Gasteiger partial charge in [-0.3, -0.25) is 4.99 Å². The van der Waals surface area contributed by atoms with Crippen molar-refractivity contribution >= 4 is 17.4 Å². The summed E-state index contributed by atoms with van der Waals surface area (Å²) in [5.41, 5.74) is 5.42. The Bertz CT molecular complexity index is 755. The van der Waals surface area contributed by atoms with Crippen LogP contribution in [0.3, 0.4) is 0 Å². The van der Waals surface area contributed by atoms with Crippen molar-refractivity contribution in [3.63, 3.8) is 0 Å². The molecule has 0 unspecified atom stereocenters. The highest BCUT2D eigenvalue weighted by Gasteiger charge is 2.16. The molecule has 1 aromatic carbocycles. The lowest BCUT2D eigenvalue weighted by Crippen LogP contribution is -2.34. The fraction of sp³-hybridized carbons (Fsp3) is 0.0625. The van der Waals surface area contributed by atoms with Crippen molar-refractivity contribution in [3.05, 3.63) is 70.3 Å². The van der Waals surface area contributed by atoms with Gasteiger partial charge in [0.1, 0.15) is 0 Å². The summed E-state index contributed by atoms with van der Waals surface area (Å²) in [4.78, 5) is 4.30. The monoisotopic (exact) mass is 217 g/mol. The van der Waals surface area contributed by atoms with Crippen molar-refractivity contribution in [2.75, 3.05) is 0 Å². The van der Waals surface area contributed by atoms with Crippen LogP contribution in [0.2, 0.25) is 0 Å². The van der Waals surface area contributed by atoms with E-state index in [-0.39, 0.29) is 0 Å². The molecule has 0 bridgehead atoms. The van der Waals surface area contributed by atoms with Crippen molar-refractivity contribution in [2.45, 2.75) is 6.42 Å². The fourth-order valence-electron chi connectivity index (χ4n) is 2.83. The van der Waals surface area contributed by atoms with Crippen LogP contribution < -0.4 is 10.4 Å². The van der Waals surface area contributed by atoms with Crippen molar-refractivity contribution in [1.29, 1.82) is 0 Å². The van der Waals surface area contributed by atoms with Gasteiger partial charge in [-0.15, -0.1) is 0 Å². The van der Waals surface area contributed by atoms with Crippen LogP contribution in [-0.2, 0) is 0 Å². The van der Waals surface area contributed by atoms with Gasteiger partial charge in [0.15, 0.2) is 0 Å². The first kappa shape index (κ1) is 8.94. The van der Waals surface area contributed by atoms with Gasteiger partial charge in [0.05, 0.1) is 0 Å². The quantitative estimate of drug-likeness (QED) is 0.628. The van der Waals surface area contributed by atoms with E-state index in [1.807, 2.05) is 12.4 Å². The average molecular weight is 217 g/mol. The molecule has 0 fully saturated rings. The van der Waals surface area contributed by atoms with Crippen LogP contribution >= 0.6 is 0 Å². The predicted octanol–water partition coefficient (Wildman–Crippen LogP) is 1.83. The standard InChI is InChI=1S/C16H11N/c1-3-11-9-12-7-8-17-10-13-4-2-6-15(16(12)13)14(11)5-1/h1-8,10H,9H2. The molecule has 1 aliphatic heterocycles. The number of allylic oxidation sites excluding steroid dienone is 5. The Morgan fingerprint density at radius 2 is 2.12 bits per heavy atom. The van der Waals surface area contributed by atoms with Crippen LogP contribution in [0.25, 0.3) is 11.1 Å². The first-order chi connectivity index (χ1) is 8.43. The molecule has 0 aromatic heterocycles. The molecule has 3 aliphatic rings. The zero-order valence-electron chi connectivity index (χ0n) is 9.35. The highest BCUT2D eigenvalue weighted by Crippen LogP contribution is 2.28. The van der Waals surface area contributed by atoms with Crippen LogP contribution in [0.5, 0.6) is 0 Å². The summed E-state index contributed by atoms with van der Waals surface area (Å²) in [6.45, 7) is 0. The molecule has 4 rings (SSSR count). The van der Waals surface area contributed by atoms with Gasteiger partial charge >= 0.3 is 0 Å². The summed E-state index contributed by atoms with van der Waals surface area (Å²) in [6, 6.07) is 6.47. The van der Waals surface area contributed by atoms with Crippen molar-refractivity contribution in [3.8, 4) is 0 Å². The molecule has 0 atom stereocenters. The van der Waals surface area contributed by atoms with Crippen molar-refractivity contribution < 1.29 is 0 Å². The van der Waals surface area contributed by atoms with E-state index in [0.717, 1.165) is 6.42 Å². The summed E-state index contributed by atoms with van der Waals surface area (Å²) in [5.74, 6) is 0. The molecule has 1 aromatic rings. The molecule has 2 aliphatic carbocycles. The Labute approximate surface area is 99.5 Å². The molecule has 80 valence electrons. The summed E-state index contributed by atoms with van der Waals surface area (Å²) in [5, 5.41) is 2.71. The third-order valence-corrected chi connectivity index (χ3v) is 3.57. The first-order valence-corrected chi connectivity index (χ1v) is 5.87. The van der Waals surface area contributed by atoms with E-state index < -0.39 is 0 Å². The van der Waals surface area contributed by atoms with Gasteiger partial charge in [-0.05, 0) is 39.7 Å². The van der Waals surface area contributed by atoms with Gasteiger partial charge < -0.3 is 0 Å². The second-order valence-corrected chi connectivity index (χ2v) is 4.53. The summed E-state index contributed by atoms with van der Waals surface area (Å²) >= 11 is 0. The second kappa shape index (κ2) is 3.17. The molecule has 17 heavy (non-hydrogen) atoms. The summed E-state index contributed by atoms with van der Waals surface area (Å²) in [7, 11) is 0. The van der Waals surface area contributed by atoms with Crippen LogP contribution in [-0.4, -0.2) is 6.21 Å². The maximum atomic E-state index is 4.30. The van der Waals surface area contributed by atoms with Crippen LogP contribution in [0, 0.1) is 0 Å². The van der Waals surface area contributed by atoms with Gasteiger partial charge in [0.2, 0.25) is 0 Å². The first-order valence-electron chi connectivity index (χ1n) is 5.87. The molecule has 0 saturated heterocycles.